The van der Waals surface area contributed by atoms with Crippen LogP contribution in [0.5, 0.6) is 0 Å². The molecule has 1 amide bonds. The lowest BCUT2D eigenvalue weighted by molar-refractivity contribution is 0.0488. The molecule has 21 heavy (non-hydrogen) atoms. The van der Waals surface area contributed by atoms with Gasteiger partial charge in [-0.2, -0.15) is 0 Å². The summed E-state index contributed by atoms with van der Waals surface area (Å²) in [7, 11) is 0. The van der Waals surface area contributed by atoms with Crippen LogP contribution in [0.3, 0.4) is 0 Å². The highest BCUT2D eigenvalue weighted by Gasteiger charge is 2.16. The largest absolute Gasteiger partial charge is 0.444 e. The molecule has 0 aromatic heterocycles. The maximum atomic E-state index is 13.1. The topological polar surface area (TPSA) is 58.6 Å². The molecule has 0 aliphatic heterocycles. The second-order valence-corrected chi connectivity index (χ2v) is 6.67. The normalized spacial score (nSPS) is 12.9. The second kappa shape index (κ2) is 7.75. The summed E-state index contributed by atoms with van der Waals surface area (Å²) in [6.45, 7) is 5.40. The molecule has 0 fully saturated rings. The Kier molecular flexibility index (Phi) is 6.61. The number of alkyl carbamates (subject to hydrolysis) is 1. The van der Waals surface area contributed by atoms with Gasteiger partial charge in [0.25, 0.3) is 0 Å². The molecular formula is C15H21BrFNO3. The average molecular weight is 362 g/mol. The van der Waals surface area contributed by atoms with E-state index in [1.807, 2.05) is 0 Å². The van der Waals surface area contributed by atoms with Crippen molar-refractivity contribution in [3.8, 4) is 0 Å². The minimum Gasteiger partial charge on any atom is -0.444 e. The quantitative estimate of drug-likeness (QED) is 0.844. The lowest BCUT2D eigenvalue weighted by Crippen LogP contribution is -2.37. The van der Waals surface area contributed by atoms with Crippen molar-refractivity contribution >= 4 is 22.0 Å². The smallest absolute Gasteiger partial charge is 0.407 e. The van der Waals surface area contributed by atoms with Gasteiger partial charge in [0, 0.05) is 11.0 Å². The van der Waals surface area contributed by atoms with Gasteiger partial charge in [-0.1, -0.05) is 15.9 Å². The van der Waals surface area contributed by atoms with Crippen molar-refractivity contribution < 1.29 is 19.0 Å². The van der Waals surface area contributed by atoms with E-state index in [-0.39, 0.29) is 12.4 Å². The van der Waals surface area contributed by atoms with E-state index in [0.717, 1.165) is 10.0 Å². The number of aliphatic hydroxyl groups excluding tert-OH is 1. The first-order chi connectivity index (χ1) is 9.67. The number of rotatable bonds is 5. The third-order valence-corrected chi connectivity index (χ3v) is 3.41. The van der Waals surface area contributed by atoms with Gasteiger partial charge in [0.2, 0.25) is 0 Å². The number of carbonyl (C=O) groups is 1. The van der Waals surface area contributed by atoms with Crippen LogP contribution in [0, 0.1) is 5.82 Å². The molecule has 0 aliphatic rings. The van der Waals surface area contributed by atoms with Crippen LogP contribution in [0.2, 0.25) is 0 Å². The van der Waals surface area contributed by atoms with Crippen LogP contribution >= 0.6 is 15.9 Å². The lowest BCUT2D eigenvalue weighted by atomic mass is 10.1. The summed E-state index contributed by atoms with van der Waals surface area (Å²) >= 11 is 3.34. The van der Waals surface area contributed by atoms with Crippen LogP contribution < -0.4 is 5.32 Å². The number of hydrogen-bond donors (Lipinski definition) is 2. The zero-order valence-electron chi connectivity index (χ0n) is 12.5. The highest BCUT2D eigenvalue weighted by atomic mass is 79.9. The van der Waals surface area contributed by atoms with Gasteiger partial charge in [0.05, 0.1) is 6.10 Å². The molecule has 0 radical (unpaired) electrons. The molecule has 0 saturated carbocycles. The first-order valence-electron chi connectivity index (χ1n) is 6.76. The Bertz CT molecular complexity index is 488. The number of aliphatic hydroxyl groups is 1. The highest BCUT2D eigenvalue weighted by molar-refractivity contribution is 9.10. The fraction of sp³-hybridized carbons (Fsp3) is 0.533. The van der Waals surface area contributed by atoms with E-state index in [4.69, 9.17) is 4.74 Å². The van der Waals surface area contributed by atoms with Crippen molar-refractivity contribution in [3.63, 3.8) is 0 Å². The van der Waals surface area contributed by atoms with E-state index < -0.39 is 17.8 Å². The van der Waals surface area contributed by atoms with E-state index in [1.165, 1.54) is 12.1 Å². The van der Waals surface area contributed by atoms with Gasteiger partial charge in [-0.3, -0.25) is 0 Å². The molecule has 1 aromatic rings. The van der Waals surface area contributed by atoms with Crippen molar-refractivity contribution in [1.29, 1.82) is 0 Å². The number of halogens is 2. The molecule has 1 atom stereocenters. The number of aryl methyl sites for hydroxylation is 1. The molecule has 4 nitrogen and oxygen atoms in total. The van der Waals surface area contributed by atoms with Crippen LogP contribution in [0.1, 0.15) is 32.8 Å². The molecule has 1 rings (SSSR count). The Morgan fingerprint density at radius 2 is 2.14 bits per heavy atom. The number of benzene rings is 1. The molecule has 0 saturated heterocycles. The Morgan fingerprint density at radius 3 is 2.76 bits per heavy atom. The zero-order chi connectivity index (χ0) is 16.0. The Balaban J connectivity index is 2.36. The van der Waals surface area contributed by atoms with Crippen molar-refractivity contribution in [2.75, 3.05) is 6.54 Å². The number of nitrogens with one attached hydrogen (secondary N) is 1. The Hall–Kier alpha value is -1.14. The molecular weight excluding hydrogens is 341 g/mol. The monoisotopic (exact) mass is 361 g/mol. The predicted molar refractivity (Wildman–Crippen MR) is 82.7 cm³/mol. The SMILES string of the molecule is CC(C)(C)OC(=O)NCC(O)CCc1cc(F)ccc1Br. The van der Waals surface area contributed by atoms with Crippen LogP contribution in [0.15, 0.2) is 22.7 Å². The first-order valence-corrected chi connectivity index (χ1v) is 7.55. The minimum atomic E-state index is -0.715. The summed E-state index contributed by atoms with van der Waals surface area (Å²) in [6, 6.07) is 4.43. The zero-order valence-corrected chi connectivity index (χ0v) is 14.0. The third kappa shape index (κ3) is 7.43. The minimum absolute atomic E-state index is 0.0991. The van der Waals surface area contributed by atoms with Gasteiger partial charge in [-0.25, -0.2) is 9.18 Å². The first kappa shape index (κ1) is 17.9. The summed E-state index contributed by atoms with van der Waals surface area (Å²) in [5.41, 5.74) is 0.216. The molecule has 0 heterocycles. The van der Waals surface area contributed by atoms with E-state index in [0.29, 0.717) is 12.8 Å². The summed E-state index contributed by atoms with van der Waals surface area (Å²) in [5.74, 6) is -0.311. The van der Waals surface area contributed by atoms with Crippen LogP contribution in [-0.4, -0.2) is 29.4 Å². The Labute approximate surface area is 132 Å². The van der Waals surface area contributed by atoms with Crippen molar-refractivity contribution in [2.24, 2.45) is 0 Å². The molecule has 6 heteroatoms. The number of ether oxygens (including phenoxy) is 1. The number of hydrogen-bond acceptors (Lipinski definition) is 3. The third-order valence-electron chi connectivity index (χ3n) is 2.64. The van der Waals surface area contributed by atoms with Crippen molar-refractivity contribution in [2.45, 2.75) is 45.3 Å². The van der Waals surface area contributed by atoms with E-state index in [1.54, 1.807) is 26.8 Å². The molecule has 0 bridgehead atoms. The average Bonchev–Trinajstić information content (AvgIpc) is 2.35. The Morgan fingerprint density at radius 1 is 1.48 bits per heavy atom. The van der Waals surface area contributed by atoms with E-state index >= 15 is 0 Å². The molecule has 0 spiro atoms. The van der Waals surface area contributed by atoms with Gasteiger partial charge >= 0.3 is 6.09 Å². The second-order valence-electron chi connectivity index (χ2n) is 5.81. The highest BCUT2D eigenvalue weighted by Crippen LogP contribution is 2.19. The summed E-state index contributed by atoms with van der Waals surface area (Å²) in [5, 5.41) is 12.3. The van der Waals surface area contributed by atoms with E-state index in [9.17, 15) is 14.3 Å². The summed E-state index contributed by atoms with van der Waals surface area (Å²) < 4.78 is 19.0. The lowest BCUT2D eigenvalue weighted by Gasteiger charge is -2.20. The van der Waals surface area contributed by atoms with Crippen LogP contribution in [0.4, 0.5) is 9.18 Å². The molecule has 1 aromatic carbocycles. The fourth-order valence-corrected chi connectivity index (χ4v) is 2.12. The summed E-state index contributed by atoms with van der Waals surface area (Å²) in [4.78, 5) is 11.4. The van der Waals surface area contributed by atoms with Gasteiger partial charge in [-0.15, -0.1) is 0 Å². The van der Waals surface area contributed by atoms with E-state index in [2.05, 4.69) is 21.2 Å². The maximum Gasteiger partial charge on any atom is 0.407 e. The molecule has 1 unspecified atom stereocenters. The fourth-order valence-electron chi connectivity index (χ4n) is 1.67. The number of amides is 1. The van der Waals surface area contributed by atoms with Crippen molar-refractivity contribution in [3.05, 3.63) is 34.1 Å². The molecule has 0 aliphatic carbocycles. The molecule has 118 valence electrons. The van der Waals surface area contributed by atoms with Gasteiger partial charge < -0.3 is 15.2 Å². The van der Waals surface area contributed by atoms with Gasteiger partial charge in [0.15, 0.2) is 0 Å². The maximum absolute atomic E-state index is 13.1. The molecule has 2 N–H and O–H groups in total. The van der Waals surface area contributed by atoms with Crippen LogP contribution in [0.25, 0.3) is 0 Å². The summed E-state index contributed by atoms with van der Waals surface area (Å²) in [6.07, 6.45) is -0.353. The predicted octanol–water partition coefficient (Wildman–Crippen LogP) is 3.41. The van der Waals surface area contributed by atoms with Gasteiger partial charge in [-0.05, 0) is 57.4 Å². The standard InChI is InChI=1S/C15H21BrFNO3/c1-15(2,3)21-14(20)18-9-12(19)6-4-10-8-11(17)5-7-13(10)16/h5,7-8,12,19H,4,6,9H2,1-3H3,(H,18,20). The van der Waals surface area contributed by atoms with Gasteiger partial charge in [0.1, 0.15) is 11.4 Å². The number of carbonyl (C=O) groups excluding carboxylic acids is 1. The van der Waals surface area contributed by atoms with Crippen LogP contribution in [-0.2, 0) is 11.2 Å². The van der Waals surface area contributed by atoms with Crippen molar-refractivity contribution in [1.82, 2.24) is 5.32 Å².